The highest BCUT2D eigenvalue weighted by Crippen LogP contribution is 2.14. The van der Waals surface area contributed by atoms with Crippen molar-refractivity contribution in [1.82, 2.24) is 5.32 Å². The van der Waals surface area contributed by atoms with Gasteiger partial charge in [-0.2, -0.15) is 0 Å². The molecule has 0 spiro atoms. The van der Waals surface area contributed by atoms with Gasteiger partial charge in [-0.1, -0.05) is 12.1 Å². The van der Waals surface area contributed by atoms with E-state index in [0.29, 0.717) is 17.9 Å². The number of benzene rings is 2. The van der Waals surface area contributed by atoms with E-state index in [2.05, 4.69) is 5.32 Å². The van der Waals surface area contributed by atoms with Crippen molar-refractivity contribution in [2.24, 2.45) is 0 Å². The fourth-order valence-electron chi connectivity index (χ4n) is 1.96. The minimum atomic E-state index is -1.64. The second-order valence-electron chi connectivity index (χ2n) is 5.25. The van der Waals surface area contributed by atoms with Gasteiger partial charge in [-0.05, 0) is 36.8 Å². The van der Waals surface area contributed by atoms with Gasteiger partial charge in [-0.25, -0.2) is 13.2 Å². The number of ether oxygens (including phenoxy) is 1. The molecule has 0 aliphatic rings. The van der Waals surface area contributed by atoms with E-state index in [0.717, 1.165) is 5.56 Å². The van der Waals surface area contributed by atoms with Crippen LogP contribution < -0.4 is 10.1 Å². The minimum absolute atomic E-state index is 0.0735. The molecule has 4 nitrogen and oxygen atoms in total. The lowest BCUT2D eigenvalue weighted by molar-refractivity contribution is 0.0843. The summed E-state index contributed by atoms with van der Waals surface area (Å²) in [7, 11) is 0. The molecule has 0 aliphatic heterocycles. The van der Waals surface area contributed by atoms with Gasteiger partial charge < -0.3 is 15.2 Å². The first-order valence-electron chi connectivity index (χ1n) is 7.17. The van der Waals surface area contributed by atoms with Gasteiger partial charge in [0, 0.05) is 12.1 Å². The minimum Gasteiger partial charge on any atom is -0.491 e. The fraction of sp³-hybridized carbons (Fsp3) is 0.235. The molecule has 7 heteroatoms. The number of amides is 1. The average molecular weight is 339 g/mol. The van der Waals surface area contributed by atoms with Gasteiger partial charge in [-0.15, -0.1) is 0 Å². The van der Waals surface area contributed by atoms with Gasteiger partial charge >= 0.3 is 0 Å². The Morgan fingerprint density at radius 3 is 2.50 bits per heavy atom. The maximum atomic E-state index is 13.1. The number of carbonyl (C=O) groups is 1. The van der Waals surface area contributed by atoms with Gasteiger partial charge in [0.15, 0.2) is 17.5 Å². The molecule has 2 N–H and O–H groups in total. The number of halogens is 3. The number of aryl methyl sites for hydroxylation is 1. The van der Waals surface area contributed by atoms with Crippen LogP contribution in [0.2, 0.25) is 0 Å². The third-order valence-corrected chi connectivity index (χ3v) is 3.18. The van der Waals surface area contributed by atoms with E-state index < -0.39 is 29.5 Å². The van der Waals surface area contributed by atoms with Crippen LogP contribution >= 0.6 is 0 Å². The quantitative estimate of drug-likeness (QED) is 0.796. The molecule has 128 valence electrons. The van der Waals surface area contributed by atoms with Crippen molar-refractivity contribution in [1.29, 1.82) is 0 Å². The maximum Gasteiger partial charge on any atom is 0.251 e. The van der Waals surface area contributed by atoms with Crippen LogP contribution in [0.5, 0.6) is 5.75 Å². The number of nitrogens with one attached hydrogen (secondary N) is 1. The van der Waals surface area contributed by atoms with E-state index >= 15 is 0 Å². The van der Waals surface area contributed by atoms with E-state index in [1.54, 1.807) is 18.2 Å². The van der Waals surface area contributed by atoms with Crippen molar-refractivity contribution in [3.8, 4) is 5.75 Å². The largest absolute Gasteiger partial charge is 0.491 e. The number of aliphatic hydroxyl groups is 1. The lowest BCUT2D eigenvalue weighted by Crippen LogP contribution is -2.35. The highest BCUT2D eigenvalue weighted by atomic mass is 19.2. The molecule has 24 heavy (non-hydrogen) atoms. The smallest absolute Gasteiger partial charge is 0.251 e. The normalized spacial score (nSPS) is 11.9. The molecule has 0 aromatic heterocycles. The summed E-state index contributed by atoms with van der Waals surface area (Å²) < 4.78 is 44.4. The third kappa shape index (κ3) is 4.73. The number of carbonyl (C=O) groups excluding carboxylic acids is 1. The molecule has 1 atom stereocenters. The molecule has 1 amide bonds. The second kappa shape index (κ2) is 7.83. The predicted molar refractivity (Wildman–Crippen MR) is 81.3 cm³/mol. The van der Waals surface area contributed by atoms with Crippen molar-refractivity contribution in [3.63, 3.8) is 0 Å². The first-order chi connectivity index (χ1) is 11.4. The second-order valence-corrected chi connectivity index (χ2v) is 5.25. The summed E-state index contributed by atoms with van der Waals surface area (Å²) in [6, 6.07) is 8.38. The van der Waals surface area contributed by atoms with Crippen molar-refractivity contribution >= 4 is 5.91 Å². The topological polar surface area (TPSA) is 58.6 Å². The Labute approximate surface area is 136 Å². The Hall–Kier alpha value is -2.54. The maximum absolute atomic E-state index is 13.1. The molecule has 0 aliphatic carbocycles. The molecule has 2 aromatic carbocycles. The zero-order valence-electron chi connectivity index (χ0n) is 12.9. The summed E-state index contributed by atoms with van der Waals surface area (Å²) >= 11 is 0. The van der Waals surface area contributed by atoms with Crippen molar-refractivity contribution in [2.45, 2.75) is 13.0 Å². The van der Waals surface area contributed by atoms with Gasteiger partial charge in [-0.3, -0.25) is 4.79 Å². The molecule has 1 unspecified atom stereocenters. The van der Waals surface area contributed by atoms with Crippen LogP contribution in [0.15, 0.2) is 36.4 Å². The number of hydrogen-bond acceptors (Lipinski definition) is 3. The van der Waals surface area contributed by atoms with E-state index in [9.17, 15) is 23.1 Å². The zero-order chi connectivity index (χ0) is 17.7. The zero-order valence-corrected chi connectivity index (χ0v) is 12.9. The molecular formula is C17H16F3NO3. The van der Waals surface area contributed by atoms with Crippen LogP contribution in [-0.2, 0) is 0 Å². The van der Waals surface area contributed by atoms with Crippen LogP contribution in [0.1, 0.15) is 15.9 Å². The molecule has 2 aromatic rings. The van der Waals surface area contributed by atoms with E-state index in [1.807, 2.05) is 13.0 Å². The summed E-state index contributed by atoms with van der Waals surface area (Å²) in [4.78, 5) is 11.8. The standard InChI is InChI=1S/C17H16F3NO3/c1-10-3-2-4-13(5-10)24-9-12(22)8-21-17(23)11-6-14(18)16(20)15(19)7-11/h2-7,12,22H,8-9H2,1H3,(H,21,23). The lowest BCUT2D eigenvalue weighted by atomic mass is 10.2. The lowest BCUT2D eigenvalue weighted by Gasteiger charge is -2.13. The number of hydrogen-bond donors (Lipinski definition) is 2. The molecule has 2 rings (SSSR count). The monoisotopic (exact) mass is 339 g/mol. The molecule has 0 saturated carbocycles. The first kappa shape index (κ1) is 17.8. The Bertz CT molecular complexity index is 714. The van der Waals surface area contributed by atoms with Crippen molar-refractivity contribution in [2.75, 3.05) is 13.2 Å². The third-order valence-electron chi connectivity index (χ3n) is 3.18. The fourth-order valence-corrected chi connectivity index (χ4v) is 1.96. The SMILES string of the molecule is Cc1cccc(OCC(O)CNC(=O)c2cc(F)c(F)c(F)c2)c1. The molecule has 0 saturated heterocycles. The summed E-state index contributed by atoms with van der Waals surface area (Å²) in [5.74, 6) is -4.81. The Morgan fingerprint density at radius 2 is 1.88 bits per heavy atom. The Balaban J connectivity index is 1.85. The van der Waals surface area contributed by atoms with E-state index in [1.165, 1.54) is 0 Å². The molecule has 0 fully saturated rings. The molecule has 0 heterocycles. The molecular weight excluding hydrogens is 323 g/mol. The summed E-state index contributed by atoms with van der Waals surface area (Å²) in [6.07, 6.45) is -1.02. The summed E-state index contributed by atoms with van der Waals surface area (Å²) in [5.41, 5.74) is 0.619. The highest BCUT2D eigenvalue weighted by Gasteiger charge is 2.16. The molecule has 0 radical (unpaired) electrons. The van der Waals surface area contributed by atoms with Crippen LogP contribution in [0.4, 0.5) is 13.2 Å². The predicted octanol–water partition coefficient (Wildman–Crippen LogP) is 2.58. The first-order valence-corrected chi connectivity index (χ1v) is 7.17. The van der Waals surface area contributed by atoms with E-state index in [-0.39, 0.29) is 18.7 Å². The number of rotatable bonds is 6. The van der Waals surface area contributed by atoms with Gasteiger partial charge in [0.1, 0.15) is 18.5 Å². The Morgan fingerprint density at radius 1 is 1.21 bits per heavy atom. The van der Waals surface area contributed by atoms with Gasteiger partial charge in [0.25, 0.3) is 5.91 Å². The van der Waals surface area contributed by atoms with Gasteiger partial charge in [0.05, 0.1) is 0 Å². The van der Waals surface area contributed by atoms with Gasteiger partial charge in [0.2, 0.25) is 0 Å². The van der Waals surface area contributed by atoms with Crippen LogP contribution in [0.3, 0.4) is 0 Å². The molecule has 0 bridgehead atoms. The van der Waals surface area contributed by atoms with Crippen LogP contribution in [0, 0.1) is 24.4 Å². The van der Waals surface area contributed by atoms with Crippen molar-refractivity contribution < 1.29 is 27.8 Å². The highest BCUT2D eigenvalue weighted by molar-refractivity contribution is 5.94. The summed E-state index contributed by atoms with van der Waals surface area (Å²) in [5, 5.41) is 12.1. The van der Waals surface area contributed by atoms with Crippen LogP contribution in [-0.4, -0.2) is 30.3 Å². The number of aliphatic hydroxyl groups excluding tert-OH is 1. The van der Waals surface area contributed by atoms with Crippen molar-refractivity contribution in [3.05, 3.63) is 65.0 Å². The van der Waals surface area contributed by atoms with Crippen LogP contribution in [0.25, 0.3) is 0 Å². The average Bonchev–Trinajstić information content (AvgIpc) is 2.55. The summed E-state index contributed by atoms with van der Waals surface area (Å²) in [6.45, 7) is 1.63. The van der Waals surface area contributed by atoms with E-state index in [4.69, 9.17) is 4.74 Å². The Kier molecular flexibility index (Phi) is 5.81.